The van der Waals surface area contributed by atoms with Crippen LogP contribution < -0.4 is 9.64 Å². The molecule has 0 unspecified atom stereocenters. The maximum Gasteiger partial charge on any atom is 0.225 e. The SMILES string of the molecule is Clc1cnc(N2CCC(c3nc(COc4ccc(-n5cnnn5)nc4)cs3)CC2)nc1. The van der Waals surface area contributed by atoms with Crippen LogP contribution in [0.4, 0.5) is 5.95 Å². The van der Waals surface area contributed by atoms with Crippen molar-refractivity contribution in [3.8, 4) is 11.6 Å². The highest BCUT2D eigenvalue weighted by atomic mass is 35.5. The molecule has 1 aliphatic heterocycles. The van der Waals surface area contributed by atoms with E-state index in [1.165, 1.54) is 11.0 Å². The molecule has 10 nitrogen and oxygen atoms in total. The number of anilines is 1. The van der Waals surface area contributed by atoms with Crippen molar-refractivity contribution in [1.29, 1.82) is 0 Å². The molecule has 5 heterocycles. The summed E-state index contributed by atoms with van der Waals surface area (Å²) in [5, 5.41) is 14.8. The van der Waals surface area contributed by atoms with Crippen molar-refractivity contribution >= 4 is 28.9 Å². The number of tetrazole rings is 1. The molecule has 12 heteroatoms. The summed E-state index contributed by atoms with van der Waals surface area (Å²) >= 11 is 7.57. The van der Waals surface area contributed by atoms with Crippen LogP contribution in [0.1, 0.15) is 29.5 Å². The van der Waals surface area contributed by atoms with Gasteiger partial charge in [0.05, 0.1) is 34.3 Å². The fourth-order valence-electron chi connectivity index (χ4n) is 3.39. The lowest BCUT2D eigenvalue weighted by molar-refractivity contribution is 0.300. The molecule has 0 aliphatic carbocycles. The lowest BCUT2D eigenvalue weighted by atomic mass is 9.98. The van der Waals surface area contributed by atoms with Crippen LogP contribution in [0.25, 0.3) is 5.82 Å². The highest BCUT2D eigenvalue weighted by Gasteiger charge is 2.24. The second-order valence-electron chi connectivity index (χ2n) is 7.03. The second-order valence-corrected chi connectivity index (χ2v) is 8.36. The zero-order valence-corrected chi connectivity index (χ0v) is 17.9. The van der Waals surface area contributed by atoms with Crippen LogP contribution >= 0.6 is 22.9 Å². The first-order valence-electron chi connectivity index (χ1n) is 9.73. The van der Waals surface area contributed by atoms with Crippen molar-refractivity contribution in [2.75, 3.05) is 18.0 Å². The summed E-state index contributed by atoms with van der Waals surface area (Å²) in [7, 11) is 0. The fourth-order valence-corrected chi connectivity index (χ4v) is 4.46. The normalized spacial score (nSPS) is 14.7. The average molecular weight is 456 g/mol. The molecule has 0 spiro atoms. The molecule has 158 valence electrons. The number of nitrogens with zero attached hydrogens (tertiary/aromatic N) is 9. The molecule has 4 aromatic rings. The predicted octanol–water partition coefficient (Wildman–Crippen LogP) is 2.92. The first-order chi connectivity index (χ1) is 15.2. The van der Waals surface area contributed by atoms with E-state index < -0.39 is 0 Å². The van der Waals surface area contributed by atoms with E-state index in [-0.39, 0.29) is 0 Å². The van der Waals surface area contributed by atoms with Gasteiger partial charge in [-0.2, -0.15) is 4.68 Å². The molecule has 0 N–H and O–H groups in total. The van der Waals surface area contributed by atoms with Gasteiger partial charge in [0, 0.05) is 24.4 Å². The van der Waals surface area contributed by atoms with Crippen LogP contribution in [0.2, 0.25) is 5.02 Å². The van der Waals surface area contributed by atoms with E-state index in [2.05, 4.69) is 40.8 Å². The Hall–Kier alpha value is -3.18. The van der Waals surface area contributed by atoms with Gasteiger partial charge >= 0.3 is 0 Å². The number of pyridine rings is 1. The van der Waals surface area contributed by atoms with E-state index in [4.69, 9.17) is 21.3 Å². The molecule has 1 saturated heterocycles. The molecular formula is C19H18ClN9OS. The quantitative estimate of drug-likeness (QED) is 0.433. The molecule has 0 aromatic carbocycles. The van der Waals surface area contributed by atoms with Gasteiger partial charge in [-0.3, -0.25) is 0 Å². The maximum absolute atomic E-state index is 5.88. The Bertz CT molecular complexity index is 1110. The molecule has 1 aliphatic rings. The Morgan fingerprint density at radius 1 is 1.10 bits per heavy atom. The van der Waals surface area contributed by atoms with E-state index in [0.29, 0.717) is 29.1 Å². The lowest BCUT2D eigenvalue weighted by Crippen LogP contribution is -2.34. The largest absolute Gasteiger partial charge is 0.486 e. The Labute approximate surface area is 186 Å². The van der Waals surface area contributed by atoms with Crippen molar-refractivity contribution in [2.24, 2.45) is 0 Å². The third-order valence-electron chi connectivity index (χ3n) is 4.99. The Balaban J connectivity index is 1.14. The zero-order chi connectivity index (χ0) is 21.0. The number of aromatic nitrogens is 8. The van der Waals surface area contributed by atoms with E-state index in [1.807, 2.05) is 6.07 Å². The van der Waals surface area contributed by atoms with E-state index in [9.17, 15) is 0 Å². The van der Waals surface area contributed by atoms with Crippen molar-refractivity contribution in [3.63, 3.8) is 0 Å². The van der Waals surface area contributed by atoms with Crippen LogP contribution in [0.3, 0.4) is 0 Å². The molecular weight excluding hydrogens is 438 g/mol. The monoisotopic (exact) mass is 455 g/mol. The number of piperidine rings is 1. The number of halogens is 1. The van der Waals surface area contributed by atoms with Crippen molar-refractivity contribution < 1.29 is 4.74 Å². The summed E-state index contributed by atoms with van der Waals surface area (Å²) < 4.78 is 7.32. The van der Waals surface area contributed by atoms with Crippen molar-refractivity contribution in [3.05, 3.63) is 58.2 Å². The number of hydrogen-bond donors (Lipinski definition) is 0. The van der Waals surface area contributed by atoms with Gasteiger partial charge in [0.15, 0.2) is 5.82 Å². The Morgan fingerprint density at radius 3 is 2.65 bits per heavy atom. The third kappa shape index (κ3) is 4.62. The number of hydrogen-bond acceptors (Lipinski definition) is 10. The average Bonchev–Trinajstić information content (AvgIpc) is 3.51. The summed E-state index contributed by atoms with van der Waals surface area (Å²) in [6, 6.07) is 3.64. The zero-order valence-electron chi connectivity index (χ0n) is 16.4. The van der Waals surface area contributed by atoms with E-state index in [1.54, 1.807) is 36.0 Å². The van der Waals surface area contributed by atoms with Crippen LogP contribution in [-0.4, -0.2) is 53.2 Å². The molecule has 0 bridgehead atoms. The summed E-state index contributed by atoms with van der Waals surface area (Å²) in [5.74, 6) is 2.47. The third-order valence-corrected chi connectivity index (χ3v) is 6.25. The maximum atomic E-state index is 5.88. The molecule has 4 aromatic heterocycles. The summed E-state index contributed by atoms with van der Waals surface area (Å²) in [5.41, 5.74) is 0.924. The van der Waals surface area contributed by atoms with Gasteiger partial charge in [0.25, 0.3) is 0 Å². The molecule has 5 rings (SSSR count). The number of ether oxygens (including phenoxy) is 1. The molecule has 0 saturated carbocycles. The smallest absolute Gasteiger partial charge is 0.225 e. The highest BCUT2D eigenvalue weighted by molar-refractivity contribution is 7.09. The first kappa shape index (κ1) is 19.8. The van der Waals surface area contributed by atoms with Gasteiger partial charge in [-0.1, -0.05) is 11.6 Å². The van der Waals surface area contributed by atoms with Crippen molar-refractivity contribution in [1.82, 2.24) is 40.1 Å². The van der Waals surface area contributed by atoms with Crippen LogP contribution in [0.15, 0.2) is 42.4 Å². The minimum Gasteiger partial charge on any atom is -0.486 e. The van der Waals surface area contributed by atoms with Gasteiger partial charge in [-0.25, -0.2) is 19.9 Å². The first-order valence-corrected chi connectivity index (χ1v) is 11.0. The van der Waals surface area contributed by atoms with Crippen molar-refractivity contribution in [2.45, 2.75) is 25.4 Å². The van der Waals surface area contributed by atoms with Gasteiger partial charge in [-0.15, -0.1) is 16.4 Å². The lowest BCUT2D eigenvalue weighted by Gasteiger charge is -2.31. The Morgan fingerprint density at radius 2 is 1.94 bits per heavy atom. The molecule has 0 radical (unpaired) electrons. The minimum absolute atomic E-state index is 0.403. The highest BCUT2D eigenvalue weighted by Crippen LogP contribution is 2.31. The minimum atomic E-state index is 0.403. The van der Waals surface area contributed by atoms with Crippen LogP contribution in [0.5, 0.6) is 5.75 Å². The van der Waals surface area contributed by atoms with E-state index >= 15 is 0 Å². The van der Waals surface area contributed by atoms with E-state index in [0.717, 1.165) is 42.6 Å². The van der Waals surface area contributed by atoms with Crippen LogP contribution in [0, 0.1) is 0 Å². The van der Waals surface area contributed by atoms with Gasteiger partial charge in [0.1, 0.15) is 18.7 Å². The summed E-state index contributed by atoms with van der Waals surface area (Å²) in [4.78, 5) is 19.9. The number of thiazole rings is 1. The van der Waals surface area contributed by atoms with Gasteiger partial charge < -0.3 is 9.64 Å². The number of rotatable bonds is 6. The summed E-state index contributed by atoms with van der Waals surface area (Å²) in [6.07, 6.45) is 8.45. The second kappa shape index (κ2) is 8.90. The fraction of sp³-hybridized carbons (Fsp3) is 0.316. The molecule has 0 atom stereocenters. The Kier molecular flexibility index (Phi) is 5.67. The molecule has 31 heavy (non-hydrogen) atoms. The predicted molar refractivity (Wildman–Crippen MR) is 115 cm³/mol. The van der Waals surface area contributed by atoms with Crippen LogP contribution in [-0.2, 0) is 6.61 Å². The molecule has 0 amide bonds. The van der Waals surface area contributed by atoms with Gasteiger partial charge in [-0.05, 0) is 35.4 Å². The topological polar surface area (TPSA) is 108 Å². The van der Waals surface area contributed by atoms with Gasteiger partial charge in [0.2, 0.25) is 5.95 Å². The summed E-state index contributed by atoms with van der Waals surface area (Å²) in [6.45, 7) is 2.20. The standard InChI is InChI=1S/C19H18ClN9OS/c20-14-7-22-19(23-8-14)28-5-3-13(4-6-28)18-25-15(11-31-18)10-30-16-1-2-17(21-9-16)29-12-24-26-27-29/h1-2,7-9,11-13H,3-6,10H2. The molecule has 1 fully saturated rings.